The Kier molecular flexibility index (Phi) is 5.99. The maximum atomic E-state index is 12.9. The molecule has 1 aromatic rings. The van der Waals surface area contributed by atoms with E-state index >= 15 is 0 Å². The minimum Gasteiger partial charge on any atom is -0.324 e. The van der Waals surface area contributed by atoms with Crippen molar-refractivity contribution in [3.05, 3.63) is 35.6 Å². The van der Waals surface area contributed by atoms with E-state index in [2.05, 4.69) is 11.8 Å². The summed E-state index contributed by atoms with van der Waals surface area (Å²) in [5.41, 5.74) is 7.27. The molecular weight excluding hydrogens is 251 g/mol. The Morgan fingerprint density at radius 3 is 2.75 bits per heavy atom. The van der Waals surface area contributed by atoms with Gasteiger partial charge in [-0.05, 0) is 49.9 Å². The third-order valence-corrected chi connectivity index (χ3v) is 4.40. The average Bonchev–Trinajstić information content (AvgIpc) is 2.47. The summed E-state index contributed by atoms with van der Waals surface area (Å²) in [7, 11) is 0. The number of hydrogen-bond acceptors (Lipinski definition) is 2. The third kappa shape index (κ3) is 4.29. The van der Waals surface area contributed by atoms with Gasteiger partial charge < -0.3 is 10.6 Å². The van der Waals surface area contributed by atoms with Gasteiger partial charge in [0, 0.05) is 18.6 Å². The highest BCUT2D eigenvalue weighted by Crippen LogP contribution is 2.23. The largest absolute Gasteiger partial charge is 0.324 e. The molecule has 1 saturated heterocycles. The van der Waals surface area contributed by atoms with Crippen molar-refractivity contribution < 1.29 is 4.39 Å². The van der Waals surface area contributed by atoms with Gasteiger partial charge in [-0.2, -0.15) is 0 Å². The number of nitrogens with two attached hydrogens (primary N) is 1. The molecule has 0 saturated carbocycles. The molecule has 112 valence electrons. The lowest BCUT2D eigenvalue weighted by atomic mass is 9.97. The maximum Gasteiger partial charge on any atom is 0.123 e. The zero-order valence-electron chi connectivity index (χ0n) is 12.5. The lowest BCUT2D eigenvalue weighted by Gasteiger charge is -2.36. The number of rotatable bonds is 6. The number of nitrogens with zero attached hydrogens (tertiary/aromatic N) is 1. The summed E-state index contributed by atoms with van der Waals surface area (Å²) in [5.74, 6) is -0.194. The number of benzene rings is 1. The molecule has 3 heteroatoms. The van der Waals surface area contributed by atoms with Crippen molar-refractivity contribution in [3.63, 3.8) is 0 Å². The van der Waals surface area contributed by atoms with Crippen molar-refractivity contribution in [1.29, 1.82) is 0 Å². The van der Waals surface area contributed by atoms with Crippen LogP contribution in [0.15, 0.2) is 24.3 Å². The van der Waals surface area contributed by atoms with Gasteiger partial charge in [-0.15, -0.1) is 0 Å². The van der Waals surface area contributed by atoms with E-state index in [1.54, 1.807) is 12.1 Å². The SMILES string of the molecule is CCCC1CCCCN1CCC(N)c1ccc(F)cc1. The van der Waals surface area contributed by atoms with Crippen molar-refractivity contribution in [3.8, 4) is 0 Å². The molecule has 0 aromatic heterocycles. The molecule has 1 fully saturated rings. The van der Waals surface area contributed by atoms with Crippen LogP contribution in [0.5, 0.6) is 0 Å². The lowest BCUT2D eigenvalue weighted by molar-refractivity contribution is 0.135. The van der Waals surface area contributed by atoms with Crippen LogP contribution in [0.4, 0.5) is 4.39 Å². The van der Waals surface area contributed by atoms with Gasteiger partial charge in [0.05, 0.1) is 0 Å². The fourth-order valence-electron chi connectivity index (χ4n) is 3.20. The first-order chi connectivity index (χ1) is 9.70. The van der Waals surface area contributed by atoms with Crippen molar-refractivity contribution in [2.45, 2.75) is 57.5 Å². The molecule has 2 rings (SSSR count). The van der Waals surface area contributed by atoms with Crippen molar-refractivity contribution in [2.24, 2.45) is 5.73 Å². The topological polar surface area (TPSA) is 29.3 Å². The molecule has 20 heavy (non-hydrogen) atoms. The van der Waals surface area contributed by atoms with E-state index < -0.39 is 0 Å². The molecule has 1 aliphatic rings. The number of hydrogen-bond donors (Lipinski definition) is 1. The van der Waals surface area contributed by atoms with Crippen molar-refractivity contribution in [1.82, 2.24) is 4.90 Å². The van der Waals surface area contributed by atoms with Crippen LogP contribution in [0.3, 0.4) is 0 Å². The minimum atomic E-state index is -0.194. The first-order valence-corrected chi connectivity index (χ1v) is 7.95. The van der Waals surface area contributed by atoms with Crippen LogP contribution in [0.2, 0.25) is 0 Å². The van der Waals surface area contributed by atoms with Gasteiger partial charge in [-0.3, -0.25) is 0 Å². The fourth-order valence-corrected chi connectivity index (χ4v) is 3.20. The van der Waals surface area contributed by atoms with Gasteiger partial charge in [0.15, 0.2) is 0 Å². The summed E-state index contributed by atoms with van der Waals surface area (Å²) in [6, 6.07) is 7.36. The van der Waals surface area contributed by atoms with E-state index in [1.165, 1.54) is 50.8 Å². The zero-order chi connectivity index (χ0) is 14.4. The molecule has 1 heterocycles. The van der Waals surface area contributed by atoms with E-state index in [-0.39, 0.29) is 11.9 Å². The zero-order valence-corrected chi connectivity index (χ0v) is 12.5. The van der Waals surface area contributed by atoms with Crippen LogP contribution in [0, 0.1) is 5.82 Å². The molecule has 1 aliphatic heterocycles. The maximum absolute atomic E-state index is 12.9. The second-order valence-electron chi connectivity index (χ2n) is 5.92. The monoisotopic (exact) mass is 278 g/mol. The number of likely N-dealkylation sites (tertiary alicyclic amines) is 1. The van der Waals surface area contributed by atoms with Crippen molar-refractivity contribution >= 4 is 0 Å². The first kappa shape index (κ1) is 15.5. The molecule has 2 atom stereocenters. The van der Waals surface area contributed by atoms with Gasteiger partial charge >= 0.3 is 0 Å². The standard InChI is InChI=1S/C17H27FN2/c1-2-5-16-6-3-4-12-20(16)13-11-17(19)14-7-9-15(18)10-8-14/h7-10,16-17H,2-6,11-13,19H2,1H3. The highest BCUT2D eigenvalue weighted by atomic mass is 19.1. The Hall–Kier alpha value is -0.930. The highest BCUT2D eigenvalue weighted by Gasteiger charge is 2.21. The third-order valence-electron chi connectivity index (χ3n) is 4.40. The molecule has 0 bridgehead atoms. The van der Waals surface area contributed by atoms with Gasteiger partial charge in [0.2, 0.25) is 0 Å². The lowest BCUT2D eigenvalue weighted by Crippen LogP contribution is -2.40. The van der Waals surface area contributed by atoms with Crippen LogP contribution >= 0.6 is 0 Å². The predicted molar refractivity (Wildman–Crippen MR) is 82.1 cm³/mol. The van der Waals surface area contributed by atoms with Crippen LogP contribution in [0.25, 0.3) is 0 Å². The van der Waals surface area contributed by atoms with Gasteiger partial charge in [-0.1, -0.05) is 31.9 Å². The molecule has 0 radical (unpaired) electrons. The predicted octanol–water partition coefficient (Wildman–Crippen LogP) is 3.87. The van der Waals surface area contributed by atoms with E-state index in [9.17, 15) is 4.39 Å². The molecule has 0 amide bonds. The van der Waals surface area contributed by atoms with Gasteiger partial charge in [0.25, 0.3) is 0 Å². The summed E-state index contributed by atoms with van der Waals surface area (Å²) in [4.78, 5) is 2.61. The Labute approximate surface area is 122 Å². The molecule has 0 spiro atoms. The summed E-state index contributed by atoms with van der Waals surface area (Å²) >= 11 is 0. The summed E-state index contributed by atoms with van der Waals surface area (Å²) in [6.45, 7) is 4.53. The van der Waals surface area contributed by atoms with Crippen LogP contribution in [-0.2, 0) is 0 Å². The first-order valence-electron chi connectivity index (χ1n) is 7.95. The fraction of sp³-hybridized carbons (Fsp3) is 0.647. The second kappa shape index (κ2) is 7.75. The van der Waals surface area contributed by atoms with Crippen LogP contribution < -0.4 is 5.73 Å². The Bertz CT molecular complexity index is 388. The van der Waals surface area contributed by atoms with E-state index in [0.717, 1.165) is 24.6 Å². The molecule has 2 N–H and O–H groups in total. The van der Waals surface area contributed by atoms with Gasteiger partial charge in [-0.25, -0.2) is 4.39 Å². The summed E-state index contributed by atoms with van der Waals surface area (Å²) in [6.07, 6.45) is 7.51. The molecule has 1 aromatic carbocycles. The summed E-state index contributed by atoms with van der Waals surface area (Å²) < 4.78 is 12.9. The molecule has 0 aliphatic carbocycles. The highest BCUT2D eigenvalue weighted by molar-refractivity contribution is 5.19. The number of halogens is 1. The smallest absolute Gasteiger partial charge is 0.123 e. The Morgan fingerprint density at radius 1 is 1.30 bits per heavy atom. The van der Waals surface area contributed by atoms with E-state index in [4.69, 9.17) is 5.73 Å². The minimum absolute atomic E-state index is 0.0137. The van der Waals surface area contributed by atoms with E-state index in [0.29, 0.717) is 0 Å². The quantitative estimate of drug-likeness (QED) is 0.856. The molecule has 2 unspecified atom stereocenters. The Balaban J connectivity index is 1.85. The normalized spacial score (nSPS) is 21.9. The van der Waals surface area contributed by atoms with Gasteiger partial charge in [0.1, 0.15) is 5.82 Å². The molecule has 2 nitrogen and oxygen atoms in total. The van der Waals surface area contributed by atoms with E-state index in [1.807, 2.05) is 0 Å². The average molecular weight is 278 g/mol. The van der Waals surface area contributed by atoms with Crippen LogP contribution in [-0.4, -0.2) is 24.0 Å². The van der Waals surface area contributed by atoms with Crippen molar-refractivity contribution in [2.75, 3.05) is 13.1 Å². The van der Waals surface area contributed by atoms with Crippen LogP contribution in [0.1, 0.15) is 57.1 Å². The second-order valence-corrected chi connectivity index (χ2v) is 5.92. The Morgan fingerprint density at radius 2 is 2.05 bits per heavy atom. The molecular formula is C17H27FN2. The number of piperidine rings is 1. The summed E-state index contributed by atoms with van der Waals surface area (Å²) in [5, 5.41) is 0.